The van der Waals surface area contributed by atoms with Gasteiger partial charge in [0.25, 0.3) is 5.69 Å². The van der Waals surface area contributed by atoms with Crippen LogP contribution in [0.25, 0.3) is 5.57 Å². The van der Waals surface area contributed by atoms with Gasteiger partial charge in [-0.25, -0.2) is 9.78 Å². The van der Waals surface area contributed by atoms with Gasteiger partial charge in [-0.15, -0.1) is 0 Å². The van der Waals surface area contributed by atoms with Crippen LogP contribution in [-0.4, -0.2) is 27.6 Å². The number of nitrogens with zero attached hydrogens (tertiary/aromatic N) is 2. The lowest BCUT2D eigenvalue weighted by atomic mass is 9.91. The highest BCUT2D eigenvalue weighted by Gasteiger charge is 2.23. The fraction of sp³-hybridized carbons (Fsp3) is 0.500. The summed E-state index contributed by atoms with van der Waals surface area (Å²) in [5.74, 6) is 0.269. The molecule has 0 aliphatic heterocycles. The van der Waals surface area contributed by atoms with E-state index in [0.717, 1.165) is 11.8 Å². The number of pyridine rings is 1. The van der Waals surface area contributed by atoms with Crippen LogP contribution in [0.3, 0.4) is 0 Å². The number of nitrogens with two attached hydrogens (primary N) is 1. The summed E-state index contributed by atoms with van der Waals surface area (Å²) in [5, 5.41) is 13.7. The number of carbonyl (C=O) groups is 1. The van der Waals surface area contributed by atoms with Crippen LogP contribution in [0.5, 0.6) is 0 Å². The molecule has 1 amide bonds. The highest BCUT2D eigenvalue weighted by Crippen LogP contribution is 2.31. The number of carbonyl (C=O) groups excluding carboxylic acids is 1. The molecule has 1 aliphatic carbocycles. The van der Waals surface area contributed by atoms with E-state index in [1.165, 1.54) is 6.07 Å². The zero-order chi connectivity index (χ0) is 17.9. The normalized spacial score (nSPS) is 17.8. The fourth-order valence-electron chi connectivity index (χ4n) is 2.51. The van der Waals surface area contributed by atoms with Crippen LogP contribution in [0.1, 0.15) is 45.6 Å². The van der Waals surface area contributed by atoms with Crippen molar-refractivity contribution in [3.63, 3.8) is 0 Å². The SMILES string of the molecule is CC(C)(C)OC(=O)NC1CC=C(c2cc([N+](=O)[O-])cnc2N)CC1. The van der Waals surface area contributed by atoms with E-state index >= 15 is 0 Å². The topological polar surface area (TPSA) is 120 Å². The number of rotatable bonds is 3. The number of alkyl carbamates (subject to hydrolysis) is 1. The Hall–Kier alpha value is -2.64. The third kappa shape index (κ3) is 4.68. The van der Waals surface area contributed by atoms with Gasteiger partial charge in [-0.1, -0.05) is 6.08 Å². The van der Waals surface area contributed by atoms with E-state index in [0.29, 0.717) is 24.8 Å². The van der Waals surface area contributed by atoms with E-state index in [2.05, 4.69) is 10.3 Å². The summed E-state index contributed by atoms with van der Waals surface area (Å²) < 4.78 is 5.24. The maximum Gasteiger partial charge on any atom is 0.407 e. The first-order valence-corrected chi connectivity index (χ1v) is 7.74. The van der Waals surface area contributed by atoms with E-state index in [-0.39, 0.29) is 17.5 Å². The molecule has 0 radical (unpaired) electrons. The molecule has 1 unspecified atom stereocenters. The van der Waals surface area contributed by atoms with Crippen LogP contribution in [0.15, 0.2) is 18.3 Å². The lowest BCUT2D eigenvalue weighted by Crippen LogP contribution is -2.39. The minimum atomic E-state index is -0.539. The predicted molar refractivity (Wildman–Crippen MR) is 90.3 cm³/mol. The van der Waals surface area contributed by atoms with Crippen molar-refractivity contribution >= 4 is 23.2 Å². The van der Waals surface area contributed by atoms with Gasteiger partial charge in [0.15, 0.2) is 0 Å². The van der Waals surface area contributed by atoms with Crippen molar-refractivity contribution in [2.75, 3.05) is 5.73 Å². The van der Waals surface area contributed by atoms with E-state index in [1.54, 1.807) is 0 Å². The molecule has 0 spiro atoms. The number of nitrogens with one attached hydrogen (secondary N) is 1. The summed E-state index contributed by atoms with van der Waals surface area (Å²) in [5.41, 5.74) is 6.70. The molecule has 2 rings (SSSR count). The molecule has 8 heteroatoms. The van der Waals surface area contributed by atoms with Gasteiger partial charge in [-0.3, -0.25) is 10.1 Å². The maximum atomic E-state index is 11.8. The average molecular weight is 334 g/mol. The van der Waals surface area contributed by atoms with Gasteiger partial charge < -0.3 is 15.8 Å². The number of nitrogen functional groups attached to an aromatic ring is 1. The van der Waals surface area contributed by atoms with Crippen molar-refractivity contribution in [1.29, 1.82) is 0 Å². The van der Waals surface area contributed by atoms with Gasteiger partial charge in [0.1, 0.15) is 17.6 Å². The quantitative estimate of drug-likeness (QED) is 0.647. The molecule has 0 saturated carbocycles. The molecule has 1 atom stereocenters. The fourth-order valence-corrected chi connectivity index (χ4v) is 2.51. The minimum Gasteiger partial charge on any atom is -0.444 e. The standard InChI is InChI=1S/C16H22N4O4/c1-16(2,3)24-15(21)19-11-6-4-10(5-7-11)13-8-12(20(22)23)9-18-14(13)17/h4,8-9,11H,5-7H2,1-3H3,(H2,17,18)(H,19,21). The van der Waals surface area contributed by atoms with Crippen molar-refractivity contribution in [2.45, 2.75) is 51.7 Å². The van der Waals surface area contributed by atoms with E-state index in [9.17, 15) is 14.9 Å². The van der Waals surface area contributed by atoms with E-state index in [1.807, 2.05) is 26.8 Å². The molecular weight excluding hydrogens is 312 g/mol. The molecular formula is C16H22N4O4. The van der Waals surface area contributed by atoms with Crippen molar-refractivity contribution in [3.05, 3.63) is 34.0 Å². The molecule has 130 valence electrons. The number of ether oxygens (including phenoxy) is 1. The Morgan fingerprint density at radius 3 is 2.75 bits per heavy atom. The lowest BCUT2D eigenvalue weighted by molar-refractivity contribution is -0.385. The molecule has 1 aromatic heterocycles. The van der Waals surface area contributed by atoms with Crippen LogP contribution < -0.4 is 11.1 Å². The first kappa shape index (κ1) is 17.7. The van der Waals surface area contributed by atoms with Gasteiger partial charge >= 0.3 is 6.09 Å². The Balaban J connectivity index is 2.04. The molecule has 1 aliphatic rings. The van der Waals surface area contributed by atoms with Crippen LogP contribution >= 0.6 is 0 Å². The highest BCUT2D eigenvalue weighted by atomic mass is 16.6. The second-order valence-corrected chi connectivity index (χ2v) is 6.73. The molecule has 3 N–H and O–H groups in total. The maximum absolute atomic E-state index is 11.8. The third-order valence-corrected chi connectivity index (χ3v) is 3.59. The number of hydrogen-bond donors (Lipinski definition) is 2. The number of anilines is 1. The molecule has 0 aromatic carbocycles. The Morgan fingerprint density at radius 2 is 2.21 bits per heavy atom. The van der Waals surface area contributed by atoms with Crippen LogP contribution in [0.4, 0.5) is 16.3 Å². The van der Waals surface area contributed by atoms with Crippen molar-refractivity contribution in [3.8, 4) is 0 Å². The summed E-state index contributed by atoms with van der Waals surface area (Å²) >= 11 is 0. The predicted octanol–water partition coefficient (Wildman–Crippen LogP) is 3.03. The van der Waals surface area contributed by atoms with Crippen molar-refractivity contribution in [1.82, 2.24) is 10.3 Å². The second kappa shape index (κ2) is 6.86. The van der Waals surface area contributed by atoms with Gasteiger partial charge in [0.2, 0.25) is 0 Å². The van der Waals surface area contributed by atoms with Gasteiger partial charge in [0.05, 0.1) is 4.92 Å². The molecule has 1 heterocycles. The molecule has 24 heavy (non-hydrogen) atoms. The average Bonchev–Trinajstić information content (AvgIpc) is 2.46. The largest absolute Gasteiger partial charge is 0.444 e. The Kier molecular flexibility index (Phi) is 5.06. The number of aromatic nitrogens is 1. The zero-order valence-corrected chi connectivity index (χ0v) is 14.0. The zero-order valence-electron chi connectivity index (χ0n) is 14.0. The summed E-state index contributed by atoms with van der Waals surface area (Å²) in [6.07, 6.45) is 4.59. The van der Waals surface area contributed by atoms with E-state index in [4.69, 9.17) is 10.5 Å². The summed E-state index contributed by atoms with van der Waals surface area (Å²) in [7, 11) is 0. The van der Waals surface area contributed by atoms with Crippen LogP contribution in [0.2, 0.25) is 0 Å². The highest BCUT2D eigenvalue weighted by molar-refractivity contribution is 5.75. The van der Waals surface area contributed by atoms with Crippen molar-refractivity contribution < 1.29 is 14.5 Å². The summed E-state index contributed by atoms with van der Waals surface area (Å²) in [6, 6.07) is 1.41. The number of amides is 1. The molecule has 0 bridgehead atoms. The Bertz CT molecular complexity index is 679. The number of hydrogen-bond acceptors (Lipinski definition) is 6. The first-order valence-electron chi connectivity index (χ1n) is 7.74. The van der Waals surface area contributed by atoms with Crippen LogP contribution in [0, 0.1) is 10.1 Å². The molecule has 8 nitrogen and oxygen atoms in total. The van der Waals surface area contributed by atoms with Gasteiger partial charge in [-0.2, -0.15) is 0 Å². The van der Waals surface area contributed by atoms with Crippen LogP contribution in [-0.2, 0) is 4.74 Å². The number of nitro groups is 1. The monoisotopic (exact) mass is 334 g/mol. The smallest absolute Gasteiger partial charge is 0.407 e. The molecule has 1 aromatic rings. The van der Waals surface area contributed by atoms with Gasteiger partial charge in [0, 0.05) is 17.7 Å². The lowest BCUT2D eigenvalue weighted by Gasteiger charge is -2.26. The summed E-state index contributed by atoms with van der Waals surface area (Å²) in [6.45, 7) is 5.43. The Labute approximate surface area is 140 Å². The van der Waals surface area contributed by atoms with E-state index < -0.39 is 16.6 Å². The van der Waals surface area contributed by atoms with Gasteiger partial charge in [-0.05, 0) is 45.6 Å². The second-order valence-electron chi connectivity index (χ2n) is 6.73. The number of allylic oxidation sites excluding steroid dienone is 1. The summed E-state index contributed by atoms with van der Waals surface area (Å²) in [4.78, 5) is 26.1. The Morgan fingerprint density at radius 1 is 1.50 bits per heavy atom. The molecule has 0 saturated heterocycles. The first-order chi connectivity index (χ1) is 11.2. The molecule has 0 fully saturated rings. The minimum absolute atomic E-state index is 0.0310. The van der Waals surface area contributed by atoms with Crippen molar-refractivity contribution in [2.24, 2.45) is 0 Å². The third-order valence-electron chi connectivity index (χ3n) is 3.59.